The number of nitrogens with zero attached hydrogens (tertiary/aromatic N) is 1. The Bertz CT molecular complexity index is 1160. The van der Waals surface area contributed by atoms with Crippen molar-refractivity contribution in [2.24, 2.45) is 0 Å². The highest BCUT2D eigenvalue weighted by Gasteiger charge is 2.17. The van der Waals surface area contributed by atoms with Gasteiger partial charge in [-0.3, -0.25) is 10.1 Å². The molecule has 0 saturated carbocycles. The summed E-state index contributed by atoms with van der Waals surface area (Å²) in [5.41, 5.74) is 0.811. The molecule has 7 heteroatoms. The number of carbonyl (C=O) groups is 1. The predicted molar refractivity (Wildman–Crippen MR) is 122 cm³/mol. The average Bonchev–Trinajstić information content (AvgIpc) is 3.17. The van der Waals surface area contributed by atoms with Crippen LogP contribution in [0.5, 0.6) is 23.0 Å². The summed E-state index contributed by atoms with van der Waals surface area (Å²) in [7, 11) is 0. The number of anilines is 1. The average molecular weight is 435 g/mol. The van der Waals surface area contributed by atoms with Gasteiger partial charge in [-0.2, -0.15) is 0 Å². The van der Waals surface area contributed by atoms with Gasteiger partial charge in [-0.05, 0) is 68.4 Å². The Labute approximate surface area is 184 Å². The van der Waals surface area contributed by atoms with Crippen molar-refractivity contribution in [3.05, 3.63) is 72.8 Å². The molecule has 1 aromatic heterocycles. The summed E-state index contributed by atoms with van der Waals surface area (Å²) in [6.07, 6.45) is -0.688. The second-order valence-corrected chi connectivity index (χ2v) is 7.75. The number of aromatic nitrogens is 1. The Morgan fingerprint density at radius 3 is 2.39 bits per heavy atom. The molecule has 158 valence electrons. The lowest BCUT2D eigenvalue weighted by Gasteiger charge is -2.14. The van der Waals surface area contributed by atoms with Crippen LogP contribution in [-0.2, 0) is 4.79 Å². The summed E-state index contributed by atoms with van der Waals surface area (Å²) in [5.74, 6) is 2.54. The Balaban J connectivity index is 1.35. The molecule has 0 radical (unpaired) electrons. The molecule has 0 spiro atoms. The minimum Gasteiger partial charge on any atom is -0.494 e. The maximum absolute atomic E-state index is 12.6. The standard InChI is InChI=1S/C24H22N2O4S/c1-3-28-20-13-14-21-22(15-20)31-24(25-21)26-23(27)16(2)29-18-9-11-19(12-10-18)30-17-7-5-4-6-8-17/h4-16H,3H2,1-2H3,(H,25,26,27). The van der Waals surface area contributed by atoms with Crippen LogP contribution in [0, 0.1) is 0 Å². The number of rotatable bonds is 8. The SMILES string of the molecule is CCOc1ccc2nc(NC(=O)C(C)Oc3ccc(Oc4ccccc4)cc3)sc2c1. The van der Waals surface area contributed by atoms with Gasteiger partial charge in [0.2, 0.25) is 0 Å². The van der Waals surface area contributed by atoms with Crippen LogP contribution >= 0.6 is 11.3 Å². The maximum atomic E-state index is 12.6. The fourth-order valence-corrected chi connectivity index (χ4v) is 3.79. The molecule has 4 aromatic rings. The second kappa shape index (κ2) is 9.49. The monoisotopic (exact) mass is 434 g/mol. The molecule has 1 atom stereocenters. The first-order chi connectivity index (χ1) is 15.1. The Morgan fingerprint density at radius 2 is 1.65 bits per heavy atom. The summed E-state index contributed by atoms with van der Waals surface area (Å²) in [6, 6.07) is 22.4. The number of para-hydroxylation sites is 1. The lowest BCUT2D eigenvalue weighted by molar-refractivity contribution is -0.122. The van der Waals surface area contributed by atoms with Crippen molar-refractivity contribution in [2.45, 2.75) is 20.0 Å². The summed E-state index contributed by atoms with van der Waals surface area (Å²) in [4.78, 5) is 17.0. The highest BCUT2D eigenvalue weighted by atomic mass is 32.1. The van der Waals surface area contributed by atoms with Gasteiger partial charge in [0, 0.05) is 0 Å². The number of nitrogens with one attached hydrogen (secondary N) is 1. The van der Waals surface area contributed by atoms with Gasteiger partial charge in [0.15, 0.2) is 11.2 Å². The van der Waals surface area contributed by atoms with E-state index in [0.29, 0.717) is 23.2 Å². The van der Waals surface area contributed by atoms with E-state index in [-0.39, 0.29) is 5.91 Å². The zero-order chi connectivity index (χ0) is 21.6. The van der Waals surface area contributed by atoms with E-state index in [1.807, 2.05) is 55.5 Å². The van der Waals surface area contributed by atoms with Crippen LogP contribution in [0.3, 0.4) is 0 Å². The van der Waals surface area contributed by atoms with Gasteiger partial charge >= 0.3 is 0 Å². The van der Waals surface area contributed by atoms with Gasteiger partial charge in [-0.15, -0.1) is 0 Å². The molecule has 0 fully saturated rings. The van der Waals surface area contributed by atoms with Crippen LogP contribution in [0.1, 0.15) is 13.8 Å². The number of amides is 1. The number of benzene rings is 3. The Morgan fingerprint density at radius 1 is 0.968 bits per heavy atom. The van der Waals surface area contributed by atoms with Crippen molar-refractivity contribution in [3.8, 4) is 23.0 Å². The van der Waals surface area contributed by atoms with E-state index < -0.39 is 6.10 Å². The molecule has 1 amide bonds. The topological polar surface area (TPSA) is 69.7 Å². The number of carbonyl (C=O) groups excluding carboxylic acids is 1. The van der Waals surface area contributed by atoms with E-state index in [9.17, 15) is 4.79 Å². The summed E-state index contributed by atoms with van der Waals surface area (Å²) < 4.78 is 18.0. The highest BCUT2D eigenvalue weighted by Crippen LogP contribution is 2.29. The van der Waals surface area contributed by atoms with Gasteiger partial charge < -0.3 is 14.2 Å². The predicted octanol–water partition coefficient (Wildman–Crippen LogP) is 5.89. The third kappa shape index (κ3) is 5.32. The molecule has 0 aliphatic heterocycles. The first kappa shape index (κ1) is 20.7. The summed E-state index contributed by atoms with van der Waals surface area (Å²) in [5, 5.41) is 3.35. The lowest BCUT2D eigenvalue weighted by atomic mass is 10.3. The van der Waals surface area contributed by atoms with Gasteiger partial charge in [0.1, 0.15) is 23.0 Å². The third-order valence-corrected chi connectivity index (χ3v) is 5.32. The fraction of sp³-hybridized carbons (Fsp3) is 0.167. The molecule has 1 N–H and O–H groups in total. The van der Waals surface area contributed by atoms with E-state index in [2.05, 4.69) is 10.3 Å². The molecule has 31 heavy (non-hydrogen) atoms. The van der Waals surface area contributed by atoms with Crippen LogP contribution in [0.15, 0.2) is 72.8 Å². The minimum atomic E-state index is -0.688. The van der Waals surface area contributed by atoms with Crippen LogP contribution in [0.2, 0.25) is 0 Å². The fourth-order valence-electron chi connectivity index (χ4n) is 2.89. The van der Waals surface area contributed by atoms with Crippen molar-refractivity contribution in [1.82, 2.24) is 4.98 Å². The molecular formula is C24H22N2O4S. The van der Waals surface area contributed by atoms with Crippen LogP contribution in [0.25, 0.3) is 10.2 Å². The number of ether oxygens (including phenoxy) is 3. The van der Waals surface area contributed by atoms with Gasteiger partial charge in [0.25, 0.3) is 5.91 Å². The number of hydrogen-bond donors (Lipinski definition) is 1. The van der Waals surface area contributed by atoms with E-state index in [4.69, 9.17) is 14.2 Å². The van der Waals surface area contributed by atoms with Gasteiger partial charge in [0.05, 0.1) is 16.8 Å². The first-order valence-electron chi connectivity index (χ1n) is 9.94. The number of hydrogen-bond acceptors (Lipinski definition) is 6. The molecule has 6 nitrogen and oxygen atoms in total. The van der Waals surface area contributed by atoms with Crippen molar-refractivity contribution >= 4 is 32.6 Å². The van der Waals surface area contributed by atoms with Crippen LogP contribution < -0.4 is 19.5 Å². The molecule has 0 aliphatic rings. The Kier molecular flexibility index (Phi) is 6.33. The van der Waals surface area contributed by atoms with E-state index in [1.165, 1.54) is 11.3 Å². The zero-order valence-electron chi connectivity index (χ0n) is 17.2. The van der Waals surface area contributed by atoms with Crippen LogP contribution in [0.4, 0.5) is 5.13 Å². The quantitative estimate of drug-likeness (QED) is 0.374. The van der Waals surface area contributed by atoms with Gasteiger partial charge in [-0.25, -0.2) is 4.98 Å². The molecule has 0 aliphatic carbocycles. The van der Waals surface area contributed by atoms with Gasteiger partial charge in [-0.1, -0.05) is 29.5 Å². The Hall–Kier alpha value is -3.58. The summed E-state index contributed by atoms with van der Waals surface area (Å²) in [6.45, 7) is 4.24. The van der Waals surface area contributed by atoms with E-state index in [0.717, 1.165) is 21.7 Å². The van der Waals surface area contributed by atoms with Crippen molar-refractivity contribution in [3.63, 3.8) is 0 Å². The minimum absolute atomic E-state index is 0.270. The highest BCUT2D eigenvalue weighted by molar-refractivity contribution is 7.22. The third-order valence-electron chi connectivity index (χ3n) is 4.39. The second-order valence-electron chi connectivity index (χ2n) is 6.72. The van der Waals surface area contributed by atoms with Crippen molar-refractivity contribution < 1.29 is 19.0 Å². The molecule has 4 rings (SSSR count). The lowest BCUT2D eigenvalue weighted by Crippen LogP contribution is -2.30. The molecular weight excluding hydrogens is 412 g/mol. The molecule has 0 saturated heterocycles. The van der Waals surface area contributed by atoms with Crippen molar-refractivity contribution in [1.29, 1.82) is 0 Å². The van der Waals surface area contributed by atoms with E-state index in [1.54, 1.807) is 31.2 Å². The largest absolute Gasteiger partial charge is 0.494 e. The maximum Gasteiger partial charge on any atom is 0.266 e. The molecule has 3 aromatic carbocycles. The molecule has 1 unspecified atom stereocenters. The zero-order valence-corrected chi connectivity index (χ0v) is 18.0. The molecule has 0 bridgehead atoms. The smallest absolute Gasteiger partial charge is 0.266 e. The summed E-state index contributed by atoms with van der Waals surface area (Å²) >= 11 is 1.40. The van der Waals surface area contributed by atoms with Crippen molar-refractivity contribution in [2.75, 3.05) is 11.9 Å². The van der Waals surface area contributed by atoms with E-state index >= 15 is 0 Å². The molecule has 1 heterocycles. The number of thiazole rings is 1. The van der Waals surface area contributed by atoms with Crippen LogP contribution in [-0.4, -0.2) is 23.6 Å². The first-order valence-corrected chi connectivity index (χ1v) is 10.8. The number of fused-ring (bicyclic) bond motifs is 1. The normalized spacial score (nSPS) is 11.7.